The normalized spacial score (nSPS) is 13.8. The molecule has 0 spiro atoms. The summed E-state index contributed by atoms with van der Waals surface area (Å²) in [5.74, 6) is 1.52. The number of amides is 1. The van der Waals surface area contributed by atoms with E-state index in [4.69, 9.17) is 4.98 Å². The quantitative estimate of drug-likeness (QED) is 0.493. The van der Waals surface area contributed by atoms with E-state index < -0.39 is 0 Å². The number of anilines is 2. The number of rotatable bonds is 6. The number of nitrogens with one attached hydrogen (secondary N) is 1. The number of piperazine rings is 1. The van der Waals surface area contributed by atoms with E-state index in [9.17, 15) is 4.79 Å². The number of aromatic nitrogens is 3. The summed E-state index contributed by atoms with van der Waals surface area (Å²) < 4.78 is 0. The molecule has 5 rings (SSSR count). The van der Waals surface area contributed by atoms with E-state index in [2.05, 4.69) is 44.5 Å². The van der Waals surface area contributed by atoms with Crippen LogP contribution in [0.4, 0.5) is 11.5 Å². The highest BCUT2D eigenvalue weighted by Gasteiger charge is 2.21. The average Bonchev–Trinajstić information content (AvgIpc) is 2.89. The molecule has 1 N–H and O–H groups in total. The first-order valence-electron chi connectivity index (χ1n) is 11.3. The number of carbonyl (C=O) groups excluding carboxylic acids is 1. The van der Waals surface area contributed by atoms with Gasteiger partial charge >= 0.3 is 0 Å². The highest BCUT2D eigenvalue weighted by molar-refractivity contribution is 5.90. The Morgan fingerprint density at radius 2 is 1.67 bits per heavy atom. The Labute approximate surface area is 193 Å². The Morgan fingerprint density at radius 1 is 0.879 bits per heavy atom. The van der Waals surface area contributed by atoms with Gasteiger partial charge in [-0.15, -0.1) is 0 Å². The Bertz CT molecular complexity index is 1220. The van der Waals surface area contributed by atoms with Crippen LogP contribution in [-0.4, -0.2) is 58.5 Å². The van der Waals surface area contributed by atoms with Crippen molar-refractivity contribution in [1.82, 2.24) is 19.9 Å². The third kappa shape index (κ3) is 4.77. The van der Waals surface area contributed by atoms with Gasteiger partial charge in [-0.2, -0.15) is 0 Å². The molecule has 1 saturated heterocycles. The predicted molar refractivity (Wildman–Crippen MR) is 131 cm³/mol. The smallest absolute Gasteiger partial charge is 0.224 e. The Morgan fingerprint density at radius 3 is 2.45 bits per heavy atom. The maximum atomic E-state index is 12.8. The molecule has 0 bridgehead atoms. The summed E-state index contributed by atoms with van der Waals surface area (Å²) in [6.07, 6.45) is 3.91. The number of benzene rings is 2. The molecule has 0 unspecified atom stereocenters. The zero-order valence-electron chi connectivity index (χ0n) is 18.4. The van der Waals surface area contributed by atoms with Crippen molar-refractivity contribution in [3.05, 3.63) is 79.1 Å². The second-order valence-electron chi connectivity index (χ2n) is 8.03. The molecule has 7 nitrogen and oxygen atoms in total. The SMILES string of the molecule is O=C(CCNc1nc(-c2cccnc2)nc2ccccc12)N1CCN(c2ccccc2)CC1. The van der Waals surface area contributed by atoms with Gasteiger partial charge < -0.3 is 15.1 Å². The van der Waals surface area contributed by atoms with E-state index >= 15 is 0 Å². The fourth-order valence-electron chi connectivity index (χ4n) is 4.13. The van der Waals surface area contributed by atoms with Crippen LogP contribution >= 0.6 is 0 Å². The summed E-state index contributed by atoms with van der Waals surface area (Å²) in [4.78, 5) is 30.7. The molecule has 3 heterocycles. The summed E-state index contributed by atoms with van der Waals surface area (Å²) in [5, 5.41) is 4.31. The van der Waals surface area contributed by atoms with Crippen molar-refractivity contribution < 1.29 is 4.79 Å². The molecule has 2 aromatic carbocycles. The van der Waals surface area contributed by atoms with Crippen LogP contribution in [0, 0.1) is 0 Å². The standard InChI is InChI=1S/C26H26N6O/c33-24(32-17-15-31(16-18-32)21-8-2-1-3-9-21)12-14-28-26-22-10-4-5-11-23(22)29-25(30-26)20-7-6-13-27-19-20/h1-11,13,19H,12,14-18H2,(H,28,29,30). The van der Waals surface area contributed by atoms with E-state index in [0.29, 0.717) is 18.8 Å². The van der Waals surface area contributed by atoms with Crippen LogP contribution < -0.4 is 10.2 Å². The van der Waals surface area contributed by atoms with Crippen LogP contribution in [0.25, 0.3) is 22.3 Å². The van der Waals surface area contributed by atoms with Gasteiger partial charge in [-0.25, -0.2) is 9.97 Å². The number of nitrogens with zero attached hydrogens (tertiary/aromatic N) is 5. The molecule has 166 valence electrons. The highest BCUT2D eigenvalue weighted by Crippen LogP contribution is 2.24. The second-order valence-corrected chi connectivity index (χ2v) is 8.03. The van der Waals surface area contributed by atoms with Crippen LogP contribution in [0.2, 0.25) is 0 Å². The van der Waals surface area contributed by atoms with E-state index in [-0.39, 0.29) is 5.91 Å². The van der Waals surface area contributed by atoms with E-state index in [1.165, 1.54) is 5.69 Å². The molecule has 4 aromatic rings. The Balaban J connectivity index is 1.22. The number of para-hydroxylation sites is 2. The molecule has 33 heavy (non-hydrogen) atoms. The van der Waals surface area contributed by atoms with Crippen molar-refractivity contribution in [2.24, 2.45) is 0 Å². The maximum Gasteiger partial charge on any atom is 0.224 e. The minimum atomic E-state index is 0.168. The first-order valence-corrected chi connectivity index (χ1v) is 11.3. The van der Waals surface area contributed by atoms with Crippen LogP contribution in [0.15, 0.2) is 79.1 Å². The topological polar surface area (TPSA) is 74.2 Å². The van der Waals surface area contributed by atoms with Gasteiger partial charge in [-0.05, 0) is 36.4 Å². The summed E-state index contributed by atoms with van der Waals surface area (Å²) in [6.45, 7) is 3.72. The summed E-state index contributed by atoms with van der Waals surface area (Å²) in [6, 6.07) is 22.1. The monoisotopic (exact) mass is 438 g/mol. The van der Waals surface area contributed by atoms with E-state index in [1.54, 1.807) is 12.4 Å². The summed E-state index contributed by atoms with van der Waals surface area (Å²) in [7, 11) is 0. The van der Waals surface area contributed by atoms with Gasteiger partial charge in [-0.3, -0.25) is 9.78 Å². The van der Waals surface area contributed by atoms with Crippen molar-refractivity contribution in [3.63, 3.8) is 0 Å². The van der Waals surface area contributed by atoms with Crippen LogP contribution in [0.3, 0.4) is 0 Å². The molecule has 0 radical (unpaired) electrons. The Kier molecular flexibility index (Phi) is 6.10. The first kappa shape index (κ1) is 20.9. The molecule has 0 aliphatic carbocycles. The molecule has 0 saturated carbocycles. The number of hydrogen-bond donors (Lipinski definition) is 1. The highest BCUT2D eigenvalue weighted by atomic mass is 16.2. The summed E-state index contributed by atoms with van der Waals surface area (Å²) >= 11 is 0. The summed E-state index contributed by atoms with van der Waals surface area (Å²) in [5.41, 5.74) is 2.93. The molecule has 1 aliphatic rings. The lowest BCUT2D eigenvalue weighted by molar-refractivity contribution is -0.131. The van der Waals surface area contributed by atoms with Crippen molar-refractivity contribution in [1.29, 1.82) is 0 Å². The van der Waals surface area contributed by atoms with Crippen LogP contribution in [0.5, 0.6) is 0 Å². The minimum Gasteiger partial charge on any atom is -0.369 e. The van der Waals surface area contributed by atoms with Crippen molar-refractivity contribution in [3.8, 4) is 11.4 Å². The molecule has 2 aromatic heterocycles. The molecular formula is C26H26N6O. The van der Waals surface area contributed by atoms with Gasteiger partial charge in [-0.1, -0.05) is 30.3 Å². The van der Waals surface area contributed by atoms with Gasteiger partial charge in [0.15, 0.2) is 5.82 Å². The maximum absolute atomic E-state index is 12.8. The fraction of sp³-hybridized carbons (Fsp3) is 0.231. The lowest BCUT2D eigenvalue weighted by Gasteiger charge is -2.36. The zero-order valence-corrected chi connectivity index (χ0v) is 18.4. The lowest BCUT2D eigenvalue weighted by Crippen LogP contribution is -2.49. The number of hydrogen-bond acceptors (Lipinski definition) is 6. The number of fused-ring (bicyclic) bond motifs is 1. The average molecular weight is 439 g/mol. The first-order chi connectivity index (χ1) is 16.3. The molecular weight excluding hydrogens is 412 g/mol. The van der Waals surface area contributed by atoms with Gasteiger partial charge in [0.2, 0.25) is 5.91 Å². The van der Waals surface area contributed by atoms with Gasteiger partial charge in [0.1, 0.15) is 5.82 Å². The van der Waals surface area contributed by atoms with Gasteiger partial charge in [0, 0.05) is 68.2 Å². The third-order valence-corrected chi connectivity index (χ3v) is 5.91. The Hall–Kier alpha value is -4.00. The number of carbonyl (C=O) groups is 1. The van der Waals surface area contributed by atoms with E-state index in [1.807, 2.05) is 47.4 Å². The minimum absolute atomic E-state index is 0.168. The van der Waals surface area contributed by atoms with Gasteiger partial charge in [0.05, 0.1) is 5.52 Å². The predicted octanol–water partition coefficient (Wildman–Crippen LogP) is 3.84. The molecule has 7 heteroatoms. The molecule has 1 fully saturated rings. The van der Waals surface area contributed by atoms with Crippen molar-refractivity contribution in [2.45, 2.75) is 6.42 Å². The molecule has 1 amide bonds. The number of pyridine rings is 1. The lowest BCUT2D eigenvalue weighted by atomic mass is 10.2. The van der Waals surface area contributed by atoms with Crippen LogP contribution in [-0.2, 0) is 4.79 Å². The fourth-order valence-corrected chi connectivity index (χ4v) is 4.13. The van der Waals surface area contributed by atoms with E-state index in [0.717, 1.165) is 48.5 Å². The third-order valence-electron chi connectivity index (χ3n) is 5.91. The largest absolute Gasteiger partial charge is 0.369 e. The van der Waals surface area contributed by atoms with Crippen molar-refractivity contribution >= 4 is 28.3 Å². The molecule has 1 aliphatic heterocycles. The second kappa shape index (κ2) is 9.65. The van der Waals surface area contributed by atoms with Gasteiger partial charge in [0.25, 0.3) is 0 Å². The van der Waals surface area contributed by atoms with Crippen molar-refractivity contribution in [2.75, 3.05) is 42.9 Å². The molecule has 0 atom stereocenters. The van der Waals surface area contributed by atoms with Crippen LogP contribution in [0.1, 0.15) is 6.42 Å². The zero-order chi connectivity index (χ0) is 22.5.